The number of piperidine rings is 1. The highest BCUT2D eigenvalue weighted by atomic mass is 19.1. The minimum atomic E-state index is -1.14. The molecule has 5 rings (SSSR count). The Balaban J connectivity index is 1.62. The summed E-state index contributed by atoms with van der Waals surface area (Å²) in [5, 5.41) is 15.3. The number of benzene rings is 1. The molecule has 1 amide bonds. The van der Waals surface area contributed by atoms with Crippen LogP contribution in [0.1, 0.15) is 48.8 Å². The van der Waals surface area contributed by atoms with Gasteiger partial charge in [-0.15, -0.1) is 0 Å². The van der Waals surface area contributed by atoms with Crippen LogP contribution in [0.5, 0.6) is 0 Å². The summed E-state index contributed by atoms with van der Waals surface area (Å²) < 4.78 is 20.8. The summed E-state index contributed by atoms with van der Waals surface area (Å²) in [5.41, 5.74) is 1.94. The molecular formula is C24H26FN5O4. The summed E-state index contributed by atoms with van der Waals surface area (Å²) in [7, 11) is 1.73. The second kappa shape index (κ2) is 7.96. The molecule has 0 bridgehead atoms. The number of fused-ring (bicyclic) bond motifs is 1. The molecule has 1 aromatic carbocycles. The molecule has 2 aromatic heterocycles. The number of aromatic nitrogens is 3. The maximum atomic E-state index is 13.5. The largest absolute Gasteiger partial charge is 0.477 e. The van der Waals surface area contributed by atoms with Crippen molar-refractivity contribution in [2.45, 2.75) is 38.2 Å². The van der Waals surface area contributed by atoms with Crippen LogP contribution in [-0.2, 0) is 4.74 Å². The van der Waals surface area contributed by atoms with Crippen molar-refractivity contribution >= 4 is 28.8 Å². The van der Waals surface area contributed by atoms with E-state index in [2.05, 4.69) is 9.88 Å². The Bertz CT molecular complexity index is 1280. The van der Waals surface area contributed by atoms with Crippen molar-refractivity contribution in [2.75, 3.05) is 31.6 Å². The average Bonchev–Trinajstić information content (AvgIpc) is 3.32. The summed E-state index contributed by atoms with van der Waals surface area (Å²) >= 11 is 0. The molecule has 2 saturated heterocycles. The van der Waals surface area contributed by atoms with Gasteiger partial charge in [-0.2, -0.15) is 5.10 Å². The number of aromatic carboxylic acids is 1. The third kappa shape index (κ3) is 3.63. The molecule has 0 atom stereocenters. The second-order valence-corrected chi connectivity index (χ2v) is 9.35. The van der Waals surface area contributed by atoms with E-state index in [9.17, 15) is 19.1 Å². The summed E-state index contributed by atoms with van der Waals surface area (Å²) in [6.45, 7) is 5.78. The van der Waals surface area contributed by atoms with Gasteiger partial charge < -0.3 is 19.6 Å². The second-order valence-electron chi connectivity index (χ2n) is 9.35. The van der Waals surface area contributed by atoms with Gasteiger partial charge in [0.15, 0.2) is 11.3 Å². The highest BCUT2D eigenvalue weighted by molar-refractivity contribution is 5.98. The van der Waals surface area contributed by atoms with Crippen molar-refractivity contribution in [3.63, 3.8) is 0 Å². The van der Waals surface area contributed by atoms with Crippen LogP contribution < -0.4 is 4.90 Å². The molecule has 1 spiro atoms. The molecule has 2 fully saturated rings. The fourth-order valence-electron chi connectivity index (χ4n) is 4.86. The number of carbonyl (C=O) groups excluding carboxylic acids is 1. The predicted octanol–water partition coefficient (Wildman–Crippen LogP) is 3.80. The first-order chi connectivity index (χ1) is 16.2. The van der Waals surface area contributed by atoms with Gasteiger partial charge >= 0.3 is 12.1 Å². The lowest BCUT2D eigenvalue weighted by Gasteiger charge is -2.38. The van der Waals surface area contributed by atoms with E-state index in [0.29, 0.717) is 43.8 Å². The number of nitrogens with zero attached hydrogens (tertiary/aromatic N) is 5. The number of carbonyl (C=O) groups is 2. The molecular weight excluding hydrogens is 441 g/mol. The van der Waals surface area contributed by atoms with E-state index in [1.807, 2.05) is 13.8 Å². The summed E-state index contributed by atoms with van der Waals surface area (Å²) in [4.78, 5) is 32.1. The van der Waals surface area contributed by atoms with Crippen molar-refractivity contribution in [1.82, 2.24) is 19.7 Å². The Morgan fingerprint density at radius 3 is 2.44 bits per heavy atom. The first-order valence-corrected chi connectivity index (χ1v) is 11.3. The first-order valence-electron chi connectivity index (χ1n) is 11.3. The summed E-state index contributed by atoms with van der Waals surface area (Å²) in [6, 6.07) is 7.46. The SMILES string of the molecule is CC(C)c1nn(-c2ccc(F)cc2)c2nc(C(=O)O)cc(N3CCC4(CC3)CN(C)C(=O)O4)c12. The molecule has 1 N–H and O–H groups in total. The lowest BCUT2D eigenvalue weighted by Crippen LogP contribution is -2.46. The Labute approximate surface area is 195 Å². The number of ether oxygens (including phenoxy) is 1. The highest BCUT2D eigenvalue weighted by Crippen LogP contribution is 2.39. The zero-order valence-electron chi connectivity index (χ0n) is 19.3. The standard InChI is InChI=1S/C24H26FN5O4/c1-14(2)20-19-18(29-10-8-24(9-11-29)13-28(3)23(33)34-24)12-17(22(31)32)26-21(19)30(27-20)16-6-4-15(25)5-7-16/h4-7,12,14H,8-11,13H2,1-3H3,(H,31,32). The van der Waals surface area contributed by atoms with Crippen LogP contribution >= 0.6 is 0 Å². The van der Waals surface area contributed by atoms with E-state index in [0.717, 1.165) is 16.8 Å². The van der Waals surface area contributed by atoms with E-state index in [-0.39, 0.29) is 23.5 Å². The number of likely N-dealkylation sites (N-methyl/N-ethyl adjacent to an activating group) is 1. The van der Waals surface area contributed by atoms with Gasteiger partial charge in [0.25, 0.3) is 0 Å². The van der Waals surface area contributed by atoms with Gasteiger partial charge in [-0.1, -0.05) is 13.8 Å². The van der Waals surface area contributed by atoms with Gasteiger partial charge in [0, 0.05) is 33.0 Å². The van der Waals surface area contributed by atoms with Crippen molar-refractivity contribution in [3.05, 3.63) is 47.5 Å². The number of hydrogen-bond acceptors (Lipinski definition) is 6. The van der Waals surface area contributed by atoms with Crippen LogP contribution in [0.3, 0.4) is 0 Å². The number of carboxylic acids is 1. The maximum absolute atomic E-state index is 13.5. The van der Waals surface area contributed by atoms with Gasteiger partial charge in [-0.05, 0) is 36.2 Å². The van der Waals surface area contributed by atoms with Crippen molar-refractivity contribution in [2.24, 2.45) is 0 Å². The Hall–Kier alpha value is -3.69. The van der Waals surface area contributed by atoms with Crippen LogP contribution in [0.2, 0.25) is 0 Å². The predicted molar refractivity (Wildman–Crippen MR) is 123 cm³/mol. The third-order valence-corrected chi connectivity index (χ3v) is 6.64. The van der Waals surface area contributed by atoms with Gasteiger partial charge in [0.05, 0.1) is 29.0 Å². The molecule has 4 heterocycles. The van der Waals surface area contributed by atoms with Crippen LogP contribution in [0.4, 0.5) is 14.9 Å². The number of anilines is 1. The molecule has 34 heavy (non-hydrogen) atoms. The van der Waals surface area contributed by atoms with Gasteiger partial charge in [0.2, 0.25) is 0 Å². The summed E-state index contributed by atoms with van der Waals surface area (Å²) in [5.74, 6) is -1.47. The van der Waals surface area contributed by atoms with Crippen LogP contribution in [0, 0.1) is 5.82 Å². The molecule has 2 aliphatic rings. The highest BCUT2D eigenvalue weighted by Gasteiger charge is 2.46. The Kier molecular flexibility index (Phi) is 5.18. The van der Waals surface area contributed by atoms with Crippen LogP contribution in [0.25, 0.3) is 16.7 Å². The first kappa shape index (κ1) is 22.1. The molecule has 0 saturated carbocycles. The average molecular weight is 468 g/mol. The molecule has 178 valence electrons. The summed E-state index contributed by atoms with van der Waals surface area (Å²) in [6.07, 6.45) is 0.965. The van der Waals surface area contributed by atoms with Crippen LogP contribution in [-0.4, -0.2) is 69.1 Å². The number of halogens is 1. The lowest BCUT2D eigenvalue weighted by molar-refractivity contribution is 0.0366. The molecule has 0 unspecified atom stereocenters. The van der Waals surface area contributed by atoms with E-state index >= 15 is 0 Å². The molecule has 0 radical (unpaired) electrons. The quantitative estimate of drug-likeness (QED) is 0.623. The van der Waals surface area contributed by atoms with Crippen molar-refractivity contribution in [1.29, 1.82) is 0 Å². The van der Waals surface area contributed by atoms with E-state index in [1.165, 1.54) is 12.1 Å². The van der Waals surface area contributed by atoms with Gasteiger partial charge in [-0.3, -0.25) is 0 Å². The molecule has 9 nitrogen and oxygen atoms in total. The van der Waals surface area contributed by atoms with E-state index in [1.54, 1.807) is 34.8 Å². The smallest absolute Gasteiger partial charge is 0.410 e. The van der Waals surface area contributed by atoms with Gasteiger partial charge in [-0.25, -0.2) is 23.6 Å². The van der Waals surface area contributed by atoms with E-state index in [4.69, 9.17) is 9.84 Å². The van der Waals surface area contributed by atoms with Crippen LogP contribution in [0.15, 0.2) is 30.3 Å². The fourth-order valence-corrected chi connectivity index (χ4v) is 4.86. The molecule has 10 heteroatoms. The van der Waals surface area contributed by atoms with Crippen molar-refractivity contribution in [3.8, 4) is 5.69 Å². The normalized spacial score (nSPS) is 17.7. The number of pyridine rings is 1. The number of rotatable bonds is 4. The molecule has 0 aliphatic carbocycles. The zero-order valence-corrected chi connectivity index (χ0v) is 19.3. The van der Waals surface area contributed by atoms with Gasteiger partial charge in [0.1, 0.15) is 11.4 Å². The Morgan fingerprint density at radius 1 is 1.21 bits per heavy atom. The number of amides is 1. The minimum absolute atomic E-state index is 0.0426. The topological polar surface area (TPSA) is 101 Å². The lowest BCUT2D eigenvalue weighted by atomic mass is 9.90. The minimum Gasteiger partial charge on any atom is -0.477 e. The number of hydrogen-bond donors (Lipinski definition) is 1. The molecule has 2 aliphatic heterocycles. The van der Waals surface area contributed by atoms with E-state index < -0.39 is 11.6 Å². The zero-order chi connectivity index (χ0) is 24.2. The fraction of sp³-hybridized carbons (Fsp3) is 0.417. The third-order valence-electron chi connectivity index (χ3n) is 6.64. The Morgan fingerprint density at radius 2 is 1.88 bits per heavy atom. The van der Waals surface area contributed by atoms with Crippen molar-refractivity contribution < 1.29 is 23.8 Å². The monoisotopic (exact) mass is 467 g/mol. The molecule has 3 aromatic rings. The number of carboxylic acid groups (broad SMARTS) is 1. The maximum Gasteiger partial charge on any atom is 0.410 e.